The minimum absolute atomic E-state index is 0.152. The van der Waals surface area contributed by atoms with Crippen LogP contribution in [0.1, 0.15) is 45.1 Å². The standard InChI is InChI=1S/C20H29ClN4O.C7H13NO2/c1-4-5-17(24-12-16-6-8-26-9-7-16)13-23-11-15(2)18-10-20(22-3)25-14-19(18)21;1-10-7-2-6(5-9)3-8-4-7/h5,10-11,13-14,16,24H,4,6-9,12H2,1-3H3,(H,22,25);5-8H,2-4H2,1H3/b15-11+,17-5-,23-13+;. The van der Waals surface area contributed by atoms with Gasteiger partial charge in [0.2, 0.25) is 0 Å². The zero-order chi connectivity index (χ0) is 26.2. The summed E-state index contributed by atoms with van der Waals surface area (Å²) in [5, 5.41) is 10.3. The highest BCUT2D eigenvalue weighted by Crippen LogP contribution is 2.25. The summed E-state index contributed by atoms with van der Waals surface area (Å²) in [6.45, 7) is 8.51. The Morgan fingerprint density at radius 2 is 2.14 bits per heavy atom. The van der Waals surface area contributed by atoms with Gasteiger partial charge in [0, 0.05) is 82.8 Å². The van der Waals surface area contributed by atoms with E-state index in [-0.39, 0.29) is 12.0 Å². The van der Waals surface area contributed by atoms with Crippen molar-refractivity contribution in [3.63, 3.8) is 0 Å². The number of carbonyl (C=O) groups excluding carboxylic acids is 1. The number of ether oxygens (including phenoxy) is 2. The third-order valence-electron chi connectivity index (χ3n) is 6.25. The fourth-order valence-electron chi connectivity index (χ4n) is 4.00. The summed E-state index contributed by atoms with van der Waals surface area (Å²) >= 11 is 6.26. The molecule has 0 radical (unpaired) electrons. The van der Waals surface area contributed by atoms with E-state index in [1.54, 1.807) is 13.3 Å². The molecule has 36 heavy (non-hydrogen) atoms. The summed E-state index contributed by atoms with van der Waals surface area (Å²) in [7, 11) is 3.52. The first-order valence-electron chi connectivity index (χ1n) is 12.7. The lowest BCUT2D eigenvalue weighted by Crippen LogP contribution is -2.40. The van der Waals surface area contributed by atoms with Gasteiger partial charge in [0.15, 0.2) is 0 Å². The van der Waals surface area contributed by atoms with Crippen molar-refractivity contribution in [2.24, 2.45) is 16.8 Å². The molecule has 2 saturated heterocycles. The van der Waals surface area contributed by atoms with Crippen molar-refractivity contribution < 1.29 is 14.3 Å². The van der Waals surface area contributed by atoms with Gasteiger partial charge in [-0.05, 0) is 50.2 Å². The number of halogens is 1. The number of nitrogens with zero attached hydrogens (tertiary/aromatic N) is 2. The molecule has 0 saturated carbocycles. The maximum atomic E-state index is 10.3. The van der Waals surface area contributed by atoms with Crippen LogP contribution < -0.4 is 16.0 Å². The third kappa shape index (κ3) is 10.8. The van der Waals surface area contributed by atoms with Crippen molar-refractivity contribution in [2.75, 3.05) is 52.3 Å². The Kier molecular flexibility index (Phi) is 14.4. The number of piperidine rings is 1. The number of nitrogens with one attached hydrogen (secondary N) is 3. The number of aromatic nitrogens is 1. The van der Waals surface area contributed by atoms with Gasteiger partial charge < -0.3 is 30.2 Å². The number of rotatable bonds is 10. The lowest BCUT2D eigenvalue weighted by Gasteiger charge is -2.25. The summed E-state index contributed by atoms with van der Waals surface area (Å²) in [4.78, 5) is 19.0. The number of anilines is 1. The largest absolute Gasteiger partial charge is 0.384 e. The fourth-order valence-corrected chi connectivity index (χ4v) is 4.25. The molecule has 0 bridgehead atoms. The zero-order valence-corrected chi connectivity index (χ0v) is 22.8. The molecule has 2 unspecified atom stereocenters. The minimum Gasteiger partial charge on any atom is -0.384 e. The van der Waals surface area contributed by atoms with E-state index < -0.39 is 0 Å². The van der Waals surface area contributed by atoms with Gasteiger partial charge in [-0.2, -0.15) is 0 Å². The molecule has 8 nitrogen and oxygen atoms in total. The van der Waals surface area contributed by atoms with Crippen LogP contribution in [0.25, 0.3) is 5.57 Å². The predicted molar refractivity (Wildman–Crippen MR) is 149 cm³/mol. The van der Waals surface area contributed by atoms with Gasteiger partial charge in [0.25, 0.3) is 0 Å². The SMILES string of the molecule is CC/C=C(/C=N/C=C(\C)c1cc(NC)ncc1Cl)NCC1CCOCC1.COC1CNCC(C=O)C1. The smallest absolute Gasteiger partial charge is 0.126 e. The molecule has 9 heteroatoms. The molecule has 2 atom stereocenters. The quantitative estimate of drug-likeness (QED) is 0.313. The van der Waals surface area contributed by atoms with E-state index in [1.165, 1.54) is 0 Å². The van der Waals surface area contributed by atoms with Gasteiger partial charge in [-0.15, -0.1) is 0 Å². The van der Waals surface area contributed by atoms with Crippen LogP contribution >= 0.6 is 11.6 Å². The summed E-state index contributed by atoms with van der Waals surface area (Å²) in [5.74, 6) is 1.61. The molecule has 3 N–H and O–H groups in total. The number of allylic oxidation sites excluding steroid dienone is 3. The molecule has 200 valence electrons. The molecule has 0 spiro atoms. The molecule has 3 heterocycles. The lowest BCUT2D eigenvalue weighted by atomic mass is 9.99. The Morgan fingerprint density at radius 1 is 1.36 bits per heavy atom. The lowest BCUT2D eigenvalue weighted by molar-refractivity contribution is -0.112. The number of aliphatic imine (C=N–C) groups is 1. The van der Waals surface area contributed by atoms with Crippen molar-refractivity contribution in [2.45, 2.75) is 45.6 Å². The van der Waals surface area contributed by atoms with E-state index >= 15 is 0 Å². The molecule has 1 aromatic heterocycles. The molecular formula is C27H42ClN5O3. The second kappa shape index (κ2) is 17.2. The van der Waals surface area contributed by atoms with E-state index in [0.717, 1.165) is 87.5 Å². The summed E-state index contributed by atoms with van der Waals surface area (Å²) in [5.41, 5.74) is 2.98. The molecule has 2 aliphatic heterocycles. The highest BCUT2D eigenvalue weighted by Gasteiger charge is 2.20. The van der Waals surface area contributed by atoms with Crippen LogP contribution in [0.5, 0.6) is 0 Å². The first-order chi connectivity index (χ1) is 17.5. The van der Waals surface area contributed by atoms with Gasteiger partial charge in [-0.25, -0.2) is 4.98 Å². The van der Waals surface area contributed by atoms with E-state index in [1.807, 2.05) is 32.5 Å². The first-order valence-corrected chi connectivity index (χ1v) is 13.1. The average molecular weight is 520 g/mol. The second-order valence-electron chi connectivity index (χ2n) is 9.04. The predicted octanol–water partition coefficient (Wildman–Crippen LogP) is 4.33. The summed E-state index contributed by atoms with van der Waals surface area (Å²) in [6, 6.07) is 1.93. The van der Waals surface area contributed by atoms with Crippen molar-refractivity contribution >= 4 is 35.5 Å². The average Bonchev–Trinajstić information content (AvgIpc) is 2.92. The molecule has 3 rings (SSSR count). The van der Waals surface area contributed by atoms with Gasteiger partial charge in [0.1, 0.15) is 12.1 Å². The Balaban J connectivity index is 0.000000380. The van der Waals surface area contributed by atoms with E-state index in [4.69, 9.17) is 21.1 Å². The monoisotopic (exact) mass is 519 g/mol. The van der Waals surface area contributed by atoms with E-state index in [0.29, 0.717) is 10.9 Å². The van der Waals surface area contributed by atoms with Gasteiger partial charge in [-0.1, -0.05) is 24.6 Å². The van der Waals surface area contributed by atoms with Crippen LogP contribution in [0.15, 0.2) is 35.2 Å². The maximum Gasteiger partial charge on any atom is 0.126 e. The van der Waals surface area contributed by atoms with Gasteiger partial charge in [-0.3, -0.25) is 4.99 Å². The molecule has 0 aliphatic carbocycles. The Labute approximate surface area is 221 Å². The van der Waals surface area contributed by atoms with Crippen LogP contribution in [0.2, 0.25) is 5.02 Å². The highest BCUT2D eigenvalue weighted by atomic mass is 35.5. The number of carbonyl (C=O) groups is 1. The van der Waals surface area contributed by atoms with E-state index in [2.05, 4.69) is 38.9 Å². The minimum atomic E-state index is 0.152. The fraction of sp³-hybridized carbons (Fsp3) is 0.593. The second-order valence-corrected chi connectivity index (χ2v) is 9.45. The van der Waals surface area contributed by atoms with Gasteiger partial charge >= 0.3 is 0 Å². The molecule has 2 fully saturated rings. The van der Waals surface area contributed by atoms with Crippen molar-refractivity contribution in [1.29, 1.82) is 0 Å². The molecule has 0 aromatic carbocycles. The van der Waals surface area contributed by atoms with Crippen molar-refractivity contribution in [3.8, 4) is 0 Å². The van der Waals surface area contributed by atoms with Gasteiger partial charge in [0.05, 0.1) is 11.1 Å². The molecule has 1 aromatic rings. The zero-order valence-electron chi connectivity index (χ0n) is 22.1. The summed E-state index contributed by atoms with van der Waals surface area (Å²) in [6.07, 6.45) is 12.8. The van der Waals surface area contributed by atoms with Crippen LogP contribution in [-0.2, 0) is 14.3 Å². The molecule has 2 aliphatic rings. The number of hydrogen-bond donors (Lipinski definition) is 3. The normalized spacial score (nSPS) is 21.6. The number of aldehydes is 1. The van der Waals surface area contributed by atoms with Crippen LogP contribution in [0, 0.1) is 11.8 Å². The molecule has 0 amide bonds. The number of hydrogen-bond acceptors (Lipinski definition) is 8. The van der Waals surface area contributed by atoms with Crippen LogP contribution in [-0.4, -0.2) is 70.6 Å². The number of methoxy groups -OCH3 is 1. The Hall–Kier alpha value is -2.26. The summed E-state index contributed by atoms with van der Waals surface area (Å²) < 4.78 is 10.5. The first kappa shape index (κ1) is 30.0. The maximum absolute atomic E-state index is 10.3. The topological polar surface area (TPSA) is 96.9 Å². The van der Waals surface area contributed by atoms with Crippen molar-refractivity contribution in [1.82, 2.24) is 15.6 Å². The van der Waals surface area contributed by atoms with Crippen molar-refractivity contribution in [3.05, 3.63) is 40.8 Å². The third-order valence-corrected chi connectivity index (χ3v) is 6.55. The van der Waals surface area contributed by atoms with Crippen LogP contribution in [0.4, 0.5) is 5.82 Å². The van der Waals surface area contributed by atoms with Crippen LogP contribution in [0.3, 0.4) is 0 Å². The molecular weight excluding hydrogens is 478 g/mol. The highest BCUT2D eigenvalue weighted by molar-refractivity contribution is 6.32. The Bertz CT molecular complexity index is 884. The van der Waals surface area contributed by atoms with E-state index in [9.17, 15) is 4.79 Å². The number of pyridine rings is 1. The Morgan fingerprint density at radius 3 is 2.81 bits per heavy atom.